The van der Waals surface area contributed by atoms with Gasteiger partial charge in [-0.1, -0.05) is 32.0 Å². The maximum atomic E-state index is 14.5. The summed E-state index contributed by atoms with van der Waals surface area (Å²) in [4.78, 5) is 21.6. The van der Waals surface area contributed by atoms with E-state index in [0.29, 0.717) is 29.2 Å². The van der Waals surface area contributed by atoms with Crippen LogP contribution in [0.25, 0.3) is 11.3 Å². The summed E-state index contributed by atoms with van der Waals surface area (Å²) in [5, 5.41) is -0.334. The van der Waals surface area contributed by atoms with Gasteiger partial charge in [-0.05, 0) is 73.9 Å². The summed E-state index contributed by atoms with van der Waals surface area (Å²) in [6.07, 6.45) is -0.785. The molecule has 4 rings (SSSR count). The van der Waals surface area contributed by atoms with E-state index in [-0.39, 0.29) is 30.9 Å². The van der Waals surface area contributed by atoms with Gasteiger partial charge in [-0.3, -0.25) is 4.79 Å². The Balaban J connectivity index is 0.00000323. The number of pyridine rings is 2. The lowest BCUT2D eigenvalue weighted by Crippen LogP contribution is -2.31. The first kappa shape index (κ1) is 29.6. The molecule has 1 N–H and O–H groups in total. The van der Waals surface area contributed by atoms with Gasteiger partial charge < -0.3 is 9.47 Å². The van der Waals surface area contributed by atoms with Crippen molar-refractivity contribution in [2.45, 2.75) is 38.8 Å². The van der Waals surface area contributed by atoms with E-state index in [0.717, 1.165) is 0 Å². The van der Waals surface area contributed by atoms with E-state index in [9.17, 15) is 22.0 Å². The van der Waals surface area contributed by atoms with Gasteiger partial charge in [0.25, 0.3) is 15.9 Å². The van der Waals surface area contributed by atoms with Crippen LogP contribution in [0.2, 0.25) is 0 Å². The quantitative estimate of drug-likeness (QED) is 0.226. The number of amides is 1. The summed E-state index contributed by atoms with van der Waals surface area (Å²) in [6, 6.07) is 16.9. The van der Waals surface area contributed by atoms with Crippen molar-refractivity contribution in [1.82, 2.24) is 14.7 Å². The molecule has 4 aromatic rings. The van der Waals surface area contributed by atoms with Gasteiger partial charge in [0.05, 0.1) is 12.3 Å². The summed E-state index contributed by atoms with van der Waals surface area (Å²) in [7, 11) is -4.33. The van der Waals surface area contributed by atoms with Gasteiger partial charge in [0, 0.05) is 20.2 Å². The number of aromatic nitrogens is 2. The molecule has 2 heterocycles. The van der Waals surface area contributed by atoms with E-state index in [1.165, 1.54) is 54.6 Å². The molecule has 0 saturated heterocycles. The number of sulfonamides is 1. The van der Waals surface area contributed by atoms with E-state index in [4.69, 9.17) is 9.47 Å². The summed E-state index contributed by atoms with van der Waals surface area (Å²) < 4.78 is 67.7. The van der Waals surface area contributed by atoms with Crippen molar-refractivity contribution in [2.75, 3.05) is 6.61 Å². The number of rotatable bonds is 10. The molecule has 2 aromatic carbocycles. The van der Waals surface area contributed by atoms with E-state index < -0.39 is 33.7 Å². The van der Waals surface area contributed by atoms with Crippen molar-refractivity contribution in [3.63, 3.8) is 0 Å². The van der Waals surface area contributed by atoms with Crippen LogP contribution in [0.4, 0.5) is 8.78 Å². The minimum absolute atomic E-state index is 0. The highest BCUT2D eigenvalue weighted by Crippen LogP contribution is 2.30. The fourth-order valence-electron chi connectivity index (χ4n) is 3.81. The molecule has 0 spiro atoms. The fourth-order valence-corrected chi connectivity index (χ4v) is 4.79. The van der Waals surface area contributed by atoms with Crippen LogP contribution < -0.4 is 14.2 Å². The largest absolute Gasteiger partial charge is 0.493 e. The standard InChI is InChI=1S/C30H29F2N3O5S.2H2/c1-18(2)17-39-25-15-22(14-24(32)16-25)27-12-11-26(29(36)35-41(37,38)28-10-5-7-19(3)33-28)30(34-27)40-20(4)21-8-6-9-23(31)13-21;;/h5-16,18,20H,17H2,1-4H3,(H,35,36);2*1H. The zero-order chi connectivity index (χ0) is 29.7. The number of halogens is 2. The van der Waals surface area contributed by atoms with E-state index in [2.05, 4.69) is 9.97 Å². The van der Waals surface area contributed by atoms with Crippen LogP contribution in [0, 0.1) is 24.5 Å². The van der Waals surface area contributed by atoms with E-state index in [1.807, 2.05) is 18.6 Å². The van der Waals surface area contributed by atoms with Crippen molar-refractivity contribution >= 4 is 15.9 Å². The molecule has 2 aromatic heterocycles. The Morgan fingerprint density at radius 1 is 0.951 bits per heavy atom. The molecule has 1 amide bonds. The van der Waals surface area contributed by atoms with Gasteiger partial charge in [-0.2, -0.15) is 8.42 Å². The van der Waals surface area contributed by atoms with E-state index >= 15 is 0 Å². The molecule has 218 valence electrons. The number of aryl methyl sites for hydroxylation is 1. The third kappa shape index (κ3) is 7.63. The number of benzene rings is 2. The van der Waals surface area contributed by atoms with Crippen LogP contribution in [0.3, 0.4) is 0 Å². The molecule has 0 radical (unpaired) electrons. The summed E-state index contributed by atoms with van der Waals surface area (Å²) in [5.74, 6) is -1.79. The van der Waals surface area contributed by atoms with E-state index in [1.54, 1.807) is 32.0 Å². The highest BCUT2D eigenvalue weighted by atomic mass is 32.2. The van der Waals surface area contributed by atoms with Crippen LogP contribution in [0.1, 0.15) is 51.3 Å². The monoisotopic (exact) mass is 585 g/mol. The second kappa shape index (κ2) is 12.4. The zero-order valence-corrected chi connectivity index (χ0v) is 23.7. The summed E-state index contributed by atoms with van der Waals surface area (Å²) in [6.45, 7) is 7.54. The Morgan fingerprint density at radius 2 is 1.71 bits per heavy atom. The minimum atomic E-state index is -4.33. The Labute approximate surface area is 240 Å². The molecule has 0 saturated carbocycles. The van der Waals surface area contributed by atoms with Gasteiger partial charge in [-0.15, -0.1) is 0 Å². The number of ether oxygens (including phenoxy) is 2. The maximum Gasteiger partial charge on any atom is 0.281 e. The number of nitrogens with one attached hydrogen (secondary N) is 1. The number of carbonyl (C=O) groups is 1. The topological polar surface area (TPSA) is 107 Å². The van der Waals surface area contributed by atoms with Crippen LogP contribution in [-0.4, -0.2) is 30.9 Å². The predicted octanol–water partition coefficient (Wildman–Crippen LogP) is 6.52. The molecular formula is C30H33F2N3O5S. The van der Waals surface area contributed by atoms with Gasteiger partial charge in [0.2, 0.25) is 5.88 Å². The Hall–Kier alpha value is -4.38. The molecule has 0 aliphatic heterocycles. The van der Waals surface area contributed by atoms with Crippen LogP contribution in [0.15, 0.2) is 77.8 Å². The SMILES string of the molecule is Cc1cccc(S(=O)(=O)NC(=O)c2ccc(-c3cc(F)cc(OCC(C)C)c3)nc2OC(C)c2cccc(F)c2)n1.[HH].[HH]. The molecule has 1 unspecified atom stereocenters. The highest BCUT2D eigenvalue weighted by molar-refractivity contribution is 7.90. The lowest BCUT2D eigenvalue weighted by Gasteiger charge is -2.18. The van der Waals surface area contributed by atoms with Crippen LogP contribution in [0.5, 0.6) is 11.6 Å². The van der Waals surface area contributed by atoms with Gasteiger partial charge >= 0.3 is 0 Å². The molecule has 0 fully saturated rings. The van der Waals surface area contributed by atoms with Gasteiger partial charge in [0.15, 0.2) is 5.03 Å². The first-order valence-corrected chi connectivity index (χ1v) is 14.3. The smallest absolute Gasteiger partial charge is 0.281 e. The third-order valence-electron chi connectivity index (χ3n) is 5.83. The van der Waals surface area contributed by atoms with Crippen molar-refractivity contribution in [2.24, 2.45) is 5.92 Å². The van der Waals surface area contributed by atoms with Gasteiger partial charge in [0.1, 0.15) is 29.1 Å². The third-order valence-corrected chi connectivity index (χ3v) is 7.06. The molecule has 0 aliphatic rings. The molecule has 8 nitrogen and oxygen atoms in total. The molecule has 0 aliphatic carbocycles. The second-order valence-corrected chi connectivity index (χ2v) is 11.4. The summed E-state index contributed by atoms with van der Waals surface area (Å²) >= 11 is 0. The number of nitrogens with zero attached hydrogens (tertiary/aromatic N) is 2. The maximum absolute atomic E-state index is 14.5. The Kier molecular flexibility index (Phi) is 8.97. The van der Waals surface area contributed by atoms with Crippen molar-refractivity contribution in [3.8, 4) is 22.9 Å². The molecule has 41 heavy (non-hydrogen) atoms. The normalized spacial score (nSPS) is 12.2. The molecule has 11 heteroatoms. The van der Waals surface area contributed by atoms with Crippen molar-refractivity contribution in [1.29, 1.82) is 0 Å². The summed E-state index contributed by atoms with van der Waals surface area (Å²) in [5.41, 5.74) is 1.28. The van der Waals surface area contributed by atoms with Crippen LogP contribution >= 0.6 is 0 Å². The number of hydrogen-bond donors (Lipinski definition) is 1. The lowest BCUT2D eigenvalue weighted by atomic mass is 10.1. The Morgan fingerprint density at radius 3 is 2.41 bits per heavy atom. The minimum Gasteiger partial charge on any atom is -0.493 e. The molecule has 0 bridgehead atoms. The highest BCUT2D eigenvalue weighted by Gasteiger charge is 2.25. The number of carbonyl (C=O) groups excluding carboxylic acids is 1. The average molecular weight is 586 g/mol. The first-order chi connectivity index (χ1) is 19.4. The molecular weight excluding hydrogens is 552 g/mol. The zero-order valence-electron chi connectivity index (χ0n) is 22.9. The first-order valence-electron chi connectivity index (χ1n) is 12.8. The molecule has 1 atom stereocenters. The predicted molar refractivity (Wildman–Crippen MR) is 153 cm³/mol. The lowest BCUT2D eigenvalue weighted by molar-refractivity contribution is 0.0973. The van der Waals surface area contributed by atoms with Crippen LogP contribution in [-0.2, 0) is 10.0 Å². The second-order valence-electron chi connectivity index (χ2n) is 9.80. The Bertz CT molecular complexity index is 1690. The fraction of sp³-hybridized carbons (Fsp3) is 0.233. The van der Waals surface area contributed by atoms with Crippen molar-refractivity contribution in [3.05, 3.63) is 101 Å². The number of hydrogen-bond acceptors (Lipinski definition) is 7. The van der Waals surface area contributed by atoms with Gasteiger partial charge in [-0.25, -0.2) is 23.5 Å². The van der Waals surface area contributed by atoms with Crippen molar-refractivity contribution < 1.29 is 34.3 Å². The average Bonchev–Trinajstić information content (AvgIpc) is 2.91.